The third kappa shape index (κ3) is 2.03. The molecular weight excluding hydrogens is 288 g/mol. The lowest BCUT2D eigenvalue weighted by molar-refractivity contribution is 0.748. The van der Waals surface area contributed by atoms with Gasteiger partial charge in [0.05, 0.1) is 18.2 Å². The number of fused-ring (bicyclic) bond motifs is 5. The van der Waals surface area contributed by atoms with E-state index in [1.54, 1.807) is 0 Å². The van der Waals surface area contributed by atoms with Crippen LogP contribution in [-0.4, -0.2) is 10.3 Å². The molecule has 0 unspecified atom stereocenters. The third-order valence-electron chi connectivity index (χ3n) is 4.27. The number of para-hydroxylation sites is 1. The van der Waals surface area contributed by atoms with Gasteiger partial charge >= 0.3 is 0 Å². The molecule has 0 saturated carbocycles. The van der Waals surface area contributed by atoms with Crippen LogP contribution in [-0.2, 0) is 13.0 Å². The highest BCUT2D eigenvalue weighted by molar-refractivity contribution is 7.99. The van der Waals surface area contributed by atoms with Gasteiger partial charge in [0.15, 0.2) is 0 Å². The highest BCUT2D eigenvalue weighted by atomic mass is 32.2. The van der Waals surface area contributed by atoms with Crippen molar-refractivity contribution in [2.24, 2.45) is 0 Å². The molecule has 2 heterocycles. The van der Waals surface area contributed by atoms with Crippen molar-refractivity contribution in [2.75, 3.05) is 5.75 Å². The van der Waals surface area contributed by atoms with Crippen LogP contribution in [0.3, 0.4) is 0 Å². The van der Waals surface area contributed by atoms with E-state index in [0.717, 1.165) is 18.7 Å². The lowest BCUT2D eigenvalue weighted by Crippen LogP contribution is -2.00. The number of aryl methyl sites for hydroxylation is 2. The van der Waals surface area contributed by atoms with E-state index >= 15 is 0 Å². The predicted molar refractivity (Wildman–Crippen MR) is 92.0 cm³/mol. The zero-order chi connectivity index (χ0) is 14.9. The molecular formula is C19H16N2S. The summed E-state index contributed by atoms with van der Waals surface area (Å²) in [6, 6.07) is 19.5. The van der Waals surface area contributed by atoms with Gasteiger partial charge in [-0.05, 0) is 24.1 Å². The van der Waals surface area contributed by atoms with Crippen LogP contribution in [0.4, 0.5) is 0 Å². The van der Waals surface area contributed by atoms with Crippen molar-refractivity contribution in [1.82, 2.24) is 4.57 Å². The molecule has 0 saturated heterocycles. The van der Waals surface area contributed by atoms with Gasteiger partial charge in [-0.3, -0.25) is 0 Å². The fourth-order valence-electron chi connectivity index (χ4n) is 3.38. The molecule has 22 heavy (non-hydrogen) atoms. The number of thioether (sulfide) groups is 1. The Labute approximate surface area is 134 Å². The van der Waals surface area contributed by atoms with E-state index in [-0.39, 0.29) is 0 Å². The second-order valence-corrected chi connectivity index (χ2v) is 6.64. The quantitative estimate of drug-likeness (QED) is 0.675. The molecule has 0 spiro atoms. The van der Waals surface area contributed by atoms with Gasteiger partial charge in [-0.25, -0.2) is 0 Å². The van der Waals surface area contributed by atoms with Crippen LogP contribution in [0.15, 0.2) is 53.4 Å². The number of hydrogen-bond acceptors (Lipinski definition) is 2. The van der Waals surface area contributed by atoms with Gasteiger partial charge in [0.25, 0.3) is 0 Å². The molecule has 2 nitrogen and oxygen atoms in total. The molecule has 2 aromatic carbocycles. The molecule has 1 aromatic heterocycles. The summed E-state index contributed by atoms with van der Waals surface area (Å²) in [6.07, 6.45) is 1.62. The van der Waals surface area contributed by atoms with E-state index < -0.39 is 0 Å². The maximum Gasteiger partial charge on any atom is 0.0640 e. The summed E-state index contributed by atoms with van der Waals surface area (Å²) < 4.78 is 2.35. The van der Waals surface area contributed by atoms with E-state index in [9.17, 15) is 0 Å². The monoisotopic (exact) mass is 304 g/mol. The molecule has 4 rings (SSSR count). The minimum absolute atomic E-state index is 0.542. The lowest BCUT2D eigenvalue weighted by Gasteiger charge is -2.12. The summed E-state index contributed by atoms with van der Waals surface area (Å²) in [7, 11) is 0. The molecule has 0 amide bonds. The molecule has 1 aliphatic heterocycles. The first-order valence-corrected chi connectivity index (χ1v) is 8.58. The zero-order valence-electron chi connectivity index (χ0n) is 12.2. The molecule has 3 aromatic rings. The highest BCUT2D eigenvalue weighted by Gasteiger charge is 2.22. The number of nitriles is 1. The van der Waals surface area contributed by atoms with Crippen molar-refractivity contribution >= 4 is 22.7 Å². The molecule has 0 fully saturated rings. The Morgan fingerprint density at radius 1 is 1.09 bits per heavy atom. The normalized spacial score (nSPS) is 13.2. The van der Waals surface area contributed by atoms with Crippen molar-refractivity contribution in [3.8, 4) is 17.3 Å². The van der Waals surface area contributed by atoms with Gasteiger partial charge in [-0.1, -0.05) is 36.4 Å². The van der Waals surface area contributed by atoms with Crippen molar-refractivity contribution in [3.05, 3.63) is 54.1 Å². The smallest absolute Gasteiger partial charge is 0.0640 e. The van der Waals surface area contributed by atoms with Crippen LogP contribution >= 0.6 is 11.8 Å². The summed E-state index contributed by atoms with van der Waals surface area (Å²) in [6.45, 7) is 0.755. The van der Waals surface area contributed by atoms with E-state index in [2.05, 4.69) is 59.2 Å². The molecule has 3 heteroatoms. The number of hydrogen-bond donors (Lipinski definition) is 0. The van der Waals surface area contributed by atoms with Gasteiger partial charge < -0.3 is 4.57 Å². The van der Waals surface area contributed by atoms with Crippen LogP contribution in [0, 0.1) is 11.3 Å². The van der Waals surface area contributed by atoms with Gasteiger partial charge in [-0.2, -0.15) is 5.26 Å². The second kappa shape index (κ2) is 5.55. The van der Waals surface area contributed by atoms with Crippen molar-refractivity contribution < 1.29 is 0 Å². The first-order valence-electron chi connectivity index (χ1n) is 7.59. The minimum atomic E-state index is 0.542. The number of rotatable bonds is 2. The Hall–Kier alpha value is -2.18. The average Bonchev–Trinajstić information content (AvgIpc) is 2.74. The SMILES string of the molecule is N#CCCn1c2c(c3ccccc31)CCSc1ccccc1-2. The molecule has 1 aliphatic rings. The van der Waals surface area contributed by atoms with Crippen molar-refractivity contribution in [3.63, 3.8) is 0 Å². The maximum absolute atomic E-state index is 9.02. The van der Waals surface area contributed by atoms with Crippen LogP contribution in [0.2, 0.25) is 0 Å². The first-order chi connectivity index (χ1) is 10.9. The van der Waals surface area contributed by atoms with Crippen LogP contribution < -0.4 is 0 Å². The molecule has 0 radical (unpaired) electrons. The van der Waals surface area contributed by atoms with Gasteiger partial charge in [-0.15, -0.1) is 11.8 Å². The lowest BCUT2D eigenvalue weighted by atomic mass is 10.0. The molecule has 0 bridgehead atoms. The topological polar surface area (TPSA) is 28.7 Å². The Kier molecular flexibility index (Phi) is 3.40. The Bertz CT molecular complexity index is 886. The Morgan fingerprint density at radius 3 is 2.82 bits per heavy atom. The second-order valence-electron chi connectivity index (χ2n) is 5.50. The largest absolute Gasteiger partial charge is 0.339 e. The van der Waals surface area contributed by atoms with Gasteiger partial charge in [0, 0.05) is 33.7 Å². The molecule has 0 atom stereocenters. The van der Waals surface area contributed by atoms with Gasteiger partial charge in [0.1, 0.15) is 0 Å². The summed E-state index contributed by atoms with van der Waals surface area (Å²) in [4.78, 5) is 1.35. The van der Waals surface area contributed by atoms with Gasteiger partial charge in [0.2, 0.25) is 0 Å². The van der Waals surface area contributed by atoms with Crippen molar-refractivity contribution in [1.29, 1.82) is 5.26 Å². The zero-order valence-corrected chi connectivity index (χ0v) is 13.1. The third-order valence-corrected chi connectivity index (χ3v) is 5.35. The maximum atomic E-state index is 9.02. The summed E-state index contributed by atoms with van der Waals surface area (Å²) in [5, 5.41) is 10.4. The molecule has 108 valence electrons. The summed E-state index contributed by atoms with van der Waals surface area (Å²) in [5.41, 5.74) is 5.32. The van der Waals surface area contributed by atoms with Crippen molar-refractivity contribution in [2.45, 2.75) is 24.3 Å². The Morgan fingerprint density at radius 2 is 1.91 bits per heavy atom. The van der Waals surface area contributed by atoms with E-state index in [0.29, 0.717) is 6.42 Å². The van der Waals surface area contributed by atoms with E-state index in [4.69, 9.17) is 5.26 Å². The van der Waals surface area contributed by atoms with Crippen LogP contribution in [0.5, 0.6) is 0 Å². The summed E-state index contributed by atoms with van der Waals surface area (Å²) in [5.74, 6) is 1.11. The average molecular weight is 304 g/mol. The number of nitrogens with zero attached hydrogens (tertiary/aromatic N) is 2. The standard InChI is InChI=1S/C19H16N2S/c20-11-5-12-21-17-8-3-1-6-14(17)15-10-13-22-18-9-4-2-7-16(18)19(15)21/h1-4,6-9H,5,10,12-13H2. The minimum Gasteiger partial charge on any atom is -0.339 e. The number of aromatic nitrogens is 1. The predicted octanol–water partition coefficient (Wildman–Crippen LogP) is 4.87. The summed E-state index contributed by atoms with van der Waals surface area (Å²) >= 11 is 1.93. The fourth-order valence-corrected chi connectivity index (χ4v) is 4.40. The molecule has 0 N–H and O–H groups in total. The highest BCUT2D eigenvalue weighted by Crippen LogP contribution is 2.42. The van der Waals surface area contributed by atoms with Crippen LogP contribution in [0.25, 0.3) is 22.2 Å². The Balaban J connectivity index is 2.07. The number of benzene rings is 2. The first kappa shape index (κ1) is 13.5. The fraction of sp³-hybridized carbons (Fsp3) is 0.211. The molecule has 0 aliphatic carbocycles. The van der Waals surface area contributed by atoms with E-state index in [1.165, 1.54) is 32.6 Å². The van der Waals surface area contributed by atoms with E-state index in [1.807, 2.05) is 11.8 Å². The van der Waals surface area contributed by atoms with Crippen LogP contribution in [0.1, 0.15) is 12.0 Å².